The van der Waals surface area contributed by atoms with E-state index in [1.54, 1.807) is 11.1 Å². The summed E-state index contributed by atoms with van der Waals surface area (Å²) >= 11 is 0. The summed E-state index contributed by atoms with van der Waals surface area (Å²) in [5.74, 6) is -1.31. The number of hydrogen-bond donors (Lipinski definition) is 2. The van der Waals surface area contributed by atoms with E-state index in [0.29, 0.717) is 25.8 Å². The number of carboxylic acid groups (broad SMARTS) is 1. The second kappa shape index (κ2) is 7.26. The van der Waals surface area contributed by atoms with Crippen molar-refractivity contribution in [2.75, 3.05) is 13.1 Å². The van der Waals surface area contributed by atoms with Crippen LogP contribution in [0.1, 0.15) is 46.1 Å². The summed E-state index contributed by atoms with van der Waals surface area (Å²) in [6, 6.07) is 1.51. The molecular formula is C18H28N4O4. The first-order valence-electron chi connectivity index (χ1n) is 9.20. The number of carbonyl (C=O) groups is 2. The van der Waals surface area contributed by atoms with E-state index >= 15 is 0 Å². The second-order valence-corrected chi connectivity index (χ2v) is 8.16. The summed E-state index contributed by atoms with van der Waals surface area (Å²) in [6.45, 7) is 6.90. The summed E-state index contributed by atoms with van der Waals surface area (Å²) in [4.78, 5) is 25.4. The summed E-state index contributed by atoms with van der Waals surface area (Å²) in [5.41, 5.74) is -0.271. The number of rotatable bonds is 4. The van der Waals surface area contributed by atoms with Crippen molar-refractivity contribution in [1.82, 2.24) is 20.0 Å². The number of carbonyl (C=O) groups excluding carboxylic acids is 1. The van der Waals surface area contributed by atoms with Crippen LogP contribution >= 0.6 is 0 Å². The van der Waals surface area contributed by atoms with Crippen LogP contribution in [0, 0.1) is 5.92 Å². The zero-order valence-electron chi connectivity index (χ0n) is 15.6. The number of hydrogen-bond acceptors (Lipinski definition) is 4. The highest BCUT2D eigenvalue weighted by Gasteiger charge is 2.46. The minimum Gasteiger partial charge on any atom is -0.481 e. The first kappa shape index (κ1) is 18.7. The van der Waals surface area contributed by atoms with Crippen LogP contribution in [0.15, 0.2) is 18.5 Å². The van der Waals surface area contributed by atoms with Crippen molar-refractivity contribution >= 4 is 12.0 Å². The fourth-order valence-electron chi connectivity index (χ4n) is 3.73. The SMILES string of the molecule is CC(C)(C)OC1CC(NC(=O)N2CCCC(C(=O)O)C2)C1n1cccn1. The maximum Gasteiger partial charge on any atom is 0.317 e. The van der Waals surface area contributed by atoms with Gasteiger partial charge in [-0.3, -0.25) is 9.48 Å². The van der Waals surface area contributed by atoms with E-state index in [-0.39, 0.29) is 36.4 Å². The molecule has 3 rings (SSSR count). The maximum atomic E-state index is 12.6. The predicted octanol–water partition coefficient (Wildman–Crippen LogP) is 1.89. The molecule has 2 heterocycles. The van der Waals surface area contributed by atoms with Gasteiger partial charge in [0.25, 0.3) is 0 Å². The van der Waals surface area contributed by atoms with Gasteiger partial charge in [-0.25, -0.2) is 4.79 Å². The van der Waals surface area contributed by atoms with Gasteiger partial charge in [-0.15, -0.1) is 0 Å². The van der Waals surface area contributed by atoms with E-state index in [4.69, 9.17) is 4.74 Å². The third-order valence-corrected chi connectivity index (χ3v) is 4.98. The number of nitrogens with one attached hydrogen (secondary N) is 1. The highest BCUT2D eigenvalue weighted by Crippen LogP contribution is 2.37. The largest absolute Gasteiger partial charge is 0.481 e. The number of aromatic nitrogens is 2. The Kier molecular flexibility index (Phi) is 5.22. The topological polar surface area (TPSA) is 96.7 Å². The average molecular weight is 364 g/mol. The number of ether oxygens (including phenoxy) is 1. The maximum absolute atomic E-state index is 12.6. The molecule has 2 aliphatic rings. The summed E-state index contributed by atoms with van der Waals surface area (Å²) in [5, 5.41) is 16.6. The normalized spacial score (nSPS) is 29.1. The molecule has 0 radical (unpaired) electrons. The van der Waals surface area contributed by atoms with Crippen molar-refractivity contribution in [2.24, 2.45) is 5.92 Å². The molecule has 8 nitrogen and oxygen atoms in total. The fourth-order valence-corrected chi connectivity index (χ4v) is 3.73. The van der Waals surface area contributed by atoms with Crippen LogP contribution in [0.3, 0.4) is 0 Å². The molecule has 26 heavy (non-hydrogen) atoms. The van der Waals surface area contributed by atoms with Crippen LogP contribution in [0.5, 0.6) is 0 Å². The number of piperidine rings is 1. The van der Waals surface area contributed by atoms with Crippen molar-refractivity contribution in [2.45, 2.75) is 63.8 Å². The van der Waals surface area contributed by atoms with Crippen molar-refractivity contribution in [3.05, 3.63) is 18.5 Å². The van der Waals surface area contributed by atoms with Gasteiger partial charge >= 0.3 is 12.0 Å². The standard InChI is InChI=1S/C18H28N4O4/c1-18(2,3)26-14-10-13(15(14)22-9-5-7-19-22)20-17(25)21-8-4-6-12(11-21)16(23)24/h5,7,9,12-15H,4,6,8,10-11H2,1-3H3,(H,20,25)(H,23,24). The first-order valence-corrected chi connectivity index (χ1v) is 9.20. The van der Waals surface area contributed by atoms with Crippen molar-refractivity contribution < 1.29 is 19.4 Å². The van der Waals surface area contributed by atoms with Gasteiger partial charge in [0.2, 0.25) is 0 Å². The van der Waals surface area contributed by atoms with Crippen LogP contribution in [0.25, 0.3) is 0 Å². The van der Waals surface area contributed by atoms with E-state index in [9.17, 15) is 14.7 Å². The van der Waals surface area contributed by atoms with E-state index in [2.05, 4.69) is 10.4 Å². The molecule has 144 valence electrons. The van der Waals surface area contributed by atoms with Crippen molar-refractivity contribution in [1.29, 1.82) is 0 Å². The van der Waals surface area contributed by atoms with E-state index in [1.165, 1.54) is 0 Å². The Balaban J connectivity index is 1.63. The minimum absolute atomic E-state index is 0.0201. The summed E-state index contributed by atoms with van der Waals surface area (Å²) in [7, 11) is 0. The molecule has 2 amide bonds. The molecule has 1 aliphatic carbocycles. The number of likely N-dealkylation sites (tertiary alicyclic amines) is 1. The van der Waals surface area contributed by atoms with Gasteiger partial charge in [0.05, 0.1) is 29.7 Å². The second-order valence-electron chi connectivity index (χ2n) is 8.16. The lowest BCUT2D eigenvalue weighted by Crippen LogP contribution is -2.61. The zero-order chi connectivity index (χ0) is 18.9. The van der Waals surface area contributed by atoms with Crippen LogP contribution < -0.4 is 5.32 Å². The minimum atomic E-state index is -0.834. The Morgan fingerprint density at radius 1 is 1.35 bits per heavy atom. The van der Waals surface area contributed by atoms with Gasteiger partial charge in [0.15, 0.2) is 0 Å². The van der Waals surface area contributed by atoms with Gasteiger partial charge in [-0.05, 0) is 46.1 Å². The number of aliphatic carboxylic acids is 1. The number of amides is 2. The molecule has 0 bridgehead atoms. The lowest BCUT2D eigenvalue weighted by atomic mass is 9.82. The summed E-state index contributed by atoms with van der Waals surface area (Å²) in [6.07, 6.45) is 5.63. The fraction of sp³-hybridized carbons (Fsp3) is 0.722. The zero-order valence-corrected chi connectivity index (χ0v) is 15.6. The third kappa shape index (κ3) is 4.17. The number of carboxylic acids is 1. The number of urea groups is 1. The van der Waals surface area contributed by atoms with E-state index in [1.807, 2.05) is 37.7 Å². The Morgan fingerprint density at radius 3 is 2.73 bits per heavy atom. The van der Waals surface area contributed by atoms with Gasteiger partial charge in [-0.2, -0.15) is 5.10 Å². The molecule has 0 aromatic carbocycles. The van der Waals surface area contributed by atoms with Gasteiger partial charge in [-0.1, -0.05) is 0 Å². The van der Waals surface area contributed by atoms with Gasteiger partial charge in [0, 0.05) is 25.5 Å². The van der Waals surface area contributed by atoms with Crippen LogP contribution in [0.2, 0.25) is 0 Å². The highest BCUT2D eigenvalue weighted by atomic mass is 16.5. The molecule has 1 aromatic rings. The molecule has 1 saturated carbocycles. The molecule has 1 aromatic heterocycles. The molecule has 4 unspecified atom stereocenters. The molecule has 1 aliphatic heterocycles. The first-order chi connectivity index (χ1) is 12.2. The van der Waals surface area contributed by atoms with Crippen molar-refractivity contribution in [3.8, 4) is 0 Å². The smallest absolute Gasteiger partial charge is 0.317 e. The number of nitrogens with zero attached hydrogens (tertiary/aromatic N) is 3. The van der Waals surface area contributed by atoms with Gasteiger partial charge < -0.3 is 20.1 Å². The monoisotopic (exact) mass is 364 g/mol. The predicted molar refractivity (Wildman–Crippen MR) is 94.8 cm³/mol. The lowest BCUT2D eigenvalue weighted by molar-refractivity contribution is -0.143. The Hall–Kier alpha value is -2.09. The molecule has 0 spiro atoms. The van der Waals surface area contributed by atoms with Crippen molar-refractivity contribution in [3.63, 3.8) is 0 Å². The Bertz CT molecular complexity index is 640. The van der Waals surface area contributed by atoms with Crippen LogP contribution in [-0.4, -0.2) is 62.6 Å². The molecule has 4 atom stereocenters. The van der Waals surface area contributed by atoms with Crippen LogP contribution in [0.4, 0.5) is 4.79 Å². The Labute approximate surface area is 153 Å². The third-order valence-electron chi connectivity index (χ3n) is 4.98. The Morgan fingerprint density at radius 2 is 2.12 bits per heavy atom. The summed E-state index contributed by atoms with van der Waals surface area (Å²) < 4.78 is 7.95. The van der Waals surface area contributed by atoms with Crippen LogP contribution in [-0.2, 0) is 9.53 Å². The lowest BCUT2D eigenvalue weighted by Gasteiger charge is -2.47. The molecule has 1 saturated heterocycles. The van der Waals surface area contributed by atoms with E-state index in [0.717, 1.165) is 0 Å². The molecule has 2 fully saturated rings. The van der Waals surface area contributed by atoms with Gasteiger partial charge in [0.1, 0.15) is 0 Å². The molecule has 8 heteroatoms. The molecular weight excluding hydrogens is 336 g/mol. The van der Waals surface area contributed by atoms with E-state index < -0.39 is 11.9 Å². The average Bonchev–Trinajstić information content (AvgIpc) is 3.05. The quantitative estimate of drug-likeness (QED) is 0.850. The highest BCUT2D eigenvalue weighted by molar-refractivity contribution is 5.77. The molecule has 2 N–H and O–H groups in total.